The summed E-state index contributed by atoms with van der Waals surface area (Å²) in [6, 6.07) is 5.90. The summed E-state index contributed by atoms with van der Waals surface area (Å²) in [5.41, 5.74) is 0.186. The fourth-order valence-corrected chi connectivity index (χ4v) is 2.87. The van der Waals surface area contributed by atoms with E-state index in [1.807, 2.05) is 6.07 Å². The number of halogens is 1. The number of anilines is 1. The van der Waals surface area contributed by atoms with E-state index in [-0.39, 0.29) is 12.0 Å². The number of carbonyl (C=O) groups is 1. The Morgan fingerprint density at radius 1 is 1.40 bits per heavy atom. The van der Waals surface area contributed by atoms with Crippen molar-refractivity contribution in [1.29, 1.82) is 5.26 Å². The molecule has 106 valence electrons. The highest BCUT2D eigenvalue weighted by Gasteiger charge is 2.34. The molecule has 0 aliphatic heterocycles. The second-order valence-electron chi connectivity index (χ2n) is 5.34. The van der Waals surface area contributed by atoms with Crippen LogP contribution in [0.2, 0.25) is 0 Å². The average Bonchev–Trinajstić information content (AvgIpc) is 2.41. The minimum Gasteiger partial charge on any atom is -0.481 e. The van der Waals surface area contributed by atoms with E-state index >= 15 is 0 Å². The van der Waals surface area contributed by atoms with Gasteiger partial charge in [-0.1, -0.05) is 19.3 Å². The van der Waals surface area contributed by atoms with E-state index in [0.717, 1.165) is 32.1 Å². The van der Waals surface area contributed by atoms with E-state index in [1.165, 1.54) is 18.2 Å². The normalized spacial score (nSPS) is 17.2. The fourth-order valence-electron chi connectivity index (χ4n) is 2.87. The minimum absolute atomic E-state index is 0.00917. The van der Waals surface area contributed by atoms with Crippen LogP contribution in [0.4, 0.5) is 10.1 Å². The number of hydrogen-bond acceptors (Lipinski definition) is 3. The topological polar surface area (TPSA) is 73.1 Å². The lowest BCUT2D eigenvalue weighted by Crippen LogP contribution is -2.42. The zero-order chi connectivity index (χ0) is 14.6. The van der Waals surface area contributed by atoms with Crippen LogP contribution < -0.4 is 5.32 Å². The van der Waals surface area contributed by atoms with Crippen molar-refractivity contribution in [3.05, 3.63) is 29.6 Å². The van der Waals surface area contributed by atoms with Crippen molar-refractivity contribution in [2.75, 3.05) is 5.32 Å². The molecule has 1 aromatic rings. The van der Waals surface area contributed by atoms with Crippen molar-refractivity contribution in [3.8, 4) is 6.07 Å². The summed E-state index contributed by atoms with van der Waals surface area (Å²) in [5, 5.41) is 21.4. The van der Waals surface area contributed by atoms with Gasteiger partial charge in [-0.05, 0) is 31.0 Å². The van der Waals surface area contributed by atoms with Gasteiger partial charge in [-0.25, -0.2) is 4.39 Å². The first-order valence-electron chi connectivity index (χ1n) is 6.74. The third-order valence-corrected chi connectivity index (χ3v) is 3.80. The van der Waals surface area contributed by atoms with Crippen LogP contribution in [-0.4, -0.2) is 16.6 Å². The lowest BCUT2D eigenvalue weighted by atomic mass is 9.79. The van der Waals surface area contributed by atoms with Crippen LogP contribution in [0.1, 0.15) is 44.1 Å². The zero-order valence-electron chi connectivity index (χ0n) is 11.2. The molecule has 2 rings (SSSR count). The molecule has 4 nitrogen and oxygen atoms in total. The highest BCUT2D eigenvalue weighted by Crippen LogP contribution is 2.35. The lowest BCUT2D eigenvalue weighted by molar-refractivity contribution is -0.138. The second kappa shape index (κ2) is 5.91. The van der Waals surface area contributed by atoms with Crippen molar-refractivity contribution >= 4 is 11.7 Å². The van der Waals surface area contributed by atoms with E-state index in [9.17, 15) is 9.18 Å². The molecular formula is C15H17FN2O2. The third kappa shape index (κ3) is 3.27. The van der Waals surface area contributed by atoms with Gasteiger partial charge in [-0.2, -0.15) is 5.26 Å². The molecule has 1 aliphatic carbocycles. The molecule has 0 heterocycles. The summed E-state index contributed by atoms with van der Waals surface area (Å²) in [7, 11) is 0. The number of hydrogen-bond donors (Lipinski definition) is 2. The van der Waals surface area contributed by atoms with Gasteiger partial charge in [0.2, 0.25) is 0 Å². The molecule has 20 heavy (non-hydrogen) atoms. The maximum Gasteiger partial charge on any atom is 0.305 e. The van der Waals surface area contributed by atoms with E-state index in [0.29, 0.717) is 5.69 Å². The number of nitriles is 1. The Kier molecular flexibility index (Phi) is 4.23. The van der Waals surface area contributed by atoms with E-state index < -0.39 is 17.3 Å². The Morgan fingerprint density at radius 3 is 2.70 bits per heavy atom. The molecule has 1 fully saturated rings. The SMILES string of the molecule is N#Cc1cc(F)ccc1NC1(CC(=O)O)CCCCC1. The number of carboxylic acids is 1. The van der Waals surface area contributed by atoms with Crippen molar-refractivity contribution in [2.24, 2.45) is 0 Å². The average molecular weight is 276 g/mol. The number of aliphatic carboxylic acids is 1. The molecule has 1 aliphatic rings. The monoisotopic (exact) mass is 276 g/mol. The Bertz CT molecular complexity index is 545. The molecule has 0 amide bonds. The van der Waals surface area contributed by atoms with Gasteiger partial charge in [0.05, 0.1) is 17.7 Å². The van der Waals surface area contributed by atoms with Gasteiger partial charge in [0.25, 0.3) is 0 Å². The van der Waals surface area contributed by atoms with E-state index in [4.69, 9.17) is 10.4 Å². The summed E-state index contributed by atoms with van der Waals surface area (Å²) >= 11 is 0. The van der Waals surface area contributed by atoms with Gasteiger partial charge in [0.1, 0.15) is 11.9 Å². The van der Waals surface area contributed by atoms with E-state index in [1.54, 1.807) is 0 Å². The predicted octanol–water partition coefficient (Wildman–Crippen LogP) is 3.29. The summed E-state index contributed by atoms with van der Waals surface area (Å²) < 4.78 is 13.1. The summed E-state index contributed by atoms with van der Waals surface area (Å²) in [4.78, 5) is 11.1. The standard InChI is InChI=1S/C15H17FN2O2/c16-12-4-5-13(11(8-12)10-17)18-15(9-14(19)20)6-2-1-3-7-15/h4-5,8,18H,1-3,6-7,9H2,(H,19,20). The largest absolute Gasteiger partial charge is 0.481 e. The van der Waals surface area contributed by atoms with E-state index in [2.05, 4.69) is 5.32 Å². The van der Waals surface area contributed by atoms with Crippen LogP contribution in [-0.2, 0) is 4.79 Å². The summed E-state index contributed by atoms with van der Waals surface area (Å²) in [6.45, 7) is 0. The molecule has 0 unspecified atom stereocenters. The van der Waals surface area contributed by atoms with Crippen LogP contribution in [0.25, 0.3) is 0 Å². The Balaban J connectivity index is 2.28. The lowest BCUT2D eigenvalue weighted by Gasteiger charge is -2.38. The van der Waals surface area contributed by atoms with Gasteiger partial charge in [0, 0.05) is 5.54 Å². The molecule has 0 radical (unpaired) electrons. The van der Waals surface area contributed by atoms with Crippen molar-refractivity contribution in [3.63, 3.8) is 0 Å². The van der Waals surface area contributed by atoms with Gasteiger partial charge in [0.15, 0.2) is 0 Å². The Labute approximate surface area is 117 Å². The third-order valence-electron chi connectivity index (χ3n) is 3.80. The van der Waals surface area contributed by atoms with Crippen LogP contribution in [0.5, 0.6) is 0 Å². The van der Waals surface area contributed by atoms with Crippen LogP contribution >= 0.6 is 0 Å². The molecule has 0 bridgehead atoms. The number of rotatable bonds is 4. The van der Waals surface area contributed by atoms with Gasteiger partial charge in [-0.3, -0.25) is 4.79 Å². The van der Waals surface area contributed by atoms with Crippen molar-refractivity contribution < 1.29 is 14.3 Å². The maximum absolute atomic E-state index is 13.1. The van der Waals surface area contributed by atoms with Crippen LogP contribution in [0, 0.1) is 17.1 Å². The highest BCUT2D eigenvalue weighted by atomic mass is 19.1. The zero-order valence-corrected chi connectivity index (χ0v) is 11.2. The maximum atomic E-state index is 13.1. The molecule has 1 saturated carbocycles. The summed E-state index contributed by atoms with van der Waals surface area (Å²) in [6.07, 6.45) is 4.53. The first-order chi connectivity index (χ1) is 9.54. The van der Waals surface area contributed by atoms with Gasteiger partial charge >= 0.3 is 5.97 Å². The number of nitrogens with one attached hydrogen (secondary N) is 1. The Morgan fingerprint density at radius 2 is 2.10 bits per heavy atom. The molecule has 0 spiro atoms. The quantitative estimate of drug-likeness (QED) is 0.885. The Hall–Kier alpha value is -2.09. The molecule has 0 atom stereocenters. The molecule has 5 heteroatoms. The van der Waals surface area contributed by atoms with Crippen molar-refractivity contribution in [1.82, 2.24) is 0 Å². The predicted molar refractivity (Wildman–Crippen MR) is 72.8 cm³/mol. The molecular weight excluding hydrogens is 259 g/mol. The van der Waals surface area contributed by atoms with Crippen LogP contribution in [0.3, 0.4) is 0 Å². The molecule has 0 saturated heterocycles. The smallest absolute Gasteiger partial charge is 0.305 e. The van der Waals surface area contributed by atoms with Gasteiger partial charge < -0.3 is 10.4 Å². The molecule has 1 aromatic carbocycles. The van der Waals surface area contributed by atoms with Gasteiger partial charge in [-0.15, -0.1) is 0 Å². The molecule has 0 aromatic heterocycles. The number of nitrogens with zero attached hydrogens (tertiary/aromatic N) is 1. The first kappa shape index (κ1) is 14.3. The second-order valence-corrected chi connectivity index (χ2v) is 5.34. The first-order valence-corrected chi connectivity index (χ1v) is 6.74. The highest BCUT2D eigenvalue weighted by molar-refractivity contribution is 5.70. The molecule has 2 N–H and O–H groups in total. The number of benzene rings is 1. The summed E-state index contributed by atoms with van der Waals surface area (Å²) in [5.74, 6) is -1.33. The number of carboxylic acid groups (broad SMARTS) is 1. The fraction of sp³-hybridized carbons (Fsp3) is 0.467. The minimum atomic E-state index is -0.861. The van der Waals surface area contributed by atoms with Crippen molar-refractivity contribution in [2.45, 2.75) is 44.1 Å². The van der Waals surface area contributed by atoms with Crippen LogP contribution in [0.15, 0.2) is 18.2 Å².